The van der Waals surface area contributed by atoms with Crippen molar-refractivity contribution in [2.24, 2.45) is 5.73 Å². The Labute approximate surface area is 156 Å². The van der Waals surface area contributed by atoms with Crippen LogP contribution in [0.2, 0.25) is 0 Å². The molecule has 3 N–H and O–H groups in total. The summed E-state index contributed by atoms with van der Waals surface area (Å²) in [6, 6.07) is 10.2. The molecule has 1 heterocycles. The monoisotopic (exact) mass is 412 g/mol. The molecule has 0 atom stereocenters. The van der Waals surface area contributed by atoms with Gasteiger partial charge in [0.2, 0.25) is 0 Å². The zero-order chi connectivity index (χ0) is 16.2. The van der Waals surface area contributed by atoms with Crippen LogP contribution in [0, 0.1) is 0 Å². The second-order valence-corrected chi connectivity index (χ2v) is 6.68. The Morgan fingerprint density at radius 3 is 2.62 bits per heavy atom. The second-order valence-electron chi connectivity index (χ2n) is 5.89. The van der Waals surface area contributed by atoms with Crippen LogP contribution < -0.4 is 5.73 Å². The number of nitrogens with two attached hydrogens (primary N) is 1. The van der Waals surface area contributed by atoms with Crippen molar-refractivity contribution in [2.75, 3.05) is 19.6 Å². The first-order valence-corrected chi connectivity index (χ1v) is 8.77. The molecule has 1 aromatic carbocycles. The highest BCUT2D eigenvalue weighted by Gasteiger charge is 2.31. The van der Waals surface area contributed by atoms with Crippen molar-refractivity contribution < 1.29 is 4.79 Å². The fourth-order valence-electron chi connectivity index (χ4n) is 2.66. The van der Waals surface area contributed by atoms with Crippen molar-refractivity contribution in [3.8, 4) is 0 Å². The van der Waals surface area contributed by atoms with Gasteiger partial charge in [-0.25, -0.2) is 0 Å². The van der Waals surface area contributed by atoms with E-state index in [0.717, 1.165) is 29.4 Å². The number of rotatable bonds is 7. The minimum Gasteiger partial charge on any atom is -0.336 e. The molecule has 0 saturated heterocycles. The van der Waals surface area contributed by atoms with Crippen molar-refractivity contribution in [3.05, 3.63) is 51.8 Å². The van der Waals surface area contributed by atoms with Gasteiger partial charge in [0.25, 0.3) is 5.91 Å². The molecule has 0 unspecified atom stereocenters. The van der Waals surface area contributed by atoms with Gasteiger partial charge in [-0.15, -0.1) is 12.4 Å². The number of halogens is 2. The van der Waals surface area contributed by atoms with Gasteiger partial charge in [-0.3, -0.25) is 9.89 Å². The fraction of sp³-hybridized carbons (Fsp3) is 0.412. The third kappa shape index (κ3) is 4.37. The molecule has 1 aliphatic carbocycles. The SMILES string of the molecule is Cl.NCCN(CCc1ccccc1)C(=O)c1n[nH]c(C2CC2)c1Br. The molecule has 0 aliphatic heterocycles. The van der Waals surface area contributed by atoms with E-state index in [-0.39, 0.29) is 18.3 Å². The smallest absolute Gasteiger partial charge is 0.275 e. The number of nitrogens with zero attached hydrogens (tertiary/aromatic N) is 2. The molecule has 1 amide bonds. The third-order valence-electron chi connectivity index (χ3n) is 4.12. The lowest BCUT2D eigenvalue weighted by Gasteiger charge is -2.21. The molecule has 1 aromatic heterocycles. The van der Waals surface area contributed by atoms with Crippen molar-refractivity contribution in [1.82, 2.24) is 15.1 Å². The first-order valence-electron chi connectivity index (χ1n) is 7.97. The van der Waals surface area contributed by atoms with Crippen LogP contribution in [0.3, 0.4) is 0 Å². The Hall–Kier alpha value is -1.37. The number of hydrogen-bond donors (Lipinski definition) is 2. The van der Waals surface area contributed by atoms with Gasteiger partial charge in [0.05, 0.1) is 10.2 Å². The molecule has 130 valence electrons. The van der Waals surface area contributed by atoms with Crippen molar-refractivity contribution in [3.63, 3.8) is 0 Å². The molecule has 24 heavy (non-hydrogen) atoms. The molecule has 7 heteroatoms. The van der Waals surface area contributed by atoms with Gasteiger partial charge < -0.3 is 10.6 Å². The van der Waals surface area contributed by atoms with E-state index in [4.69, 9.17) is 5.73 Å². The number of nitrogens with one attached hydrogen (secondary N) is 1. The number of H-pyrrole nitrogens is 1. The average Bonchev–Trinajstić information content (AvgIpc) is 3.34. The minimum absolute atomic E-state index is 0. The van der Waals surface area contributed by atoms with Gasteiger partial charge in [0.1, 0.15) is 0 Å². The predicted octanol–water partition coefficient (Wildman–Crippen LogP) is 3.12. The molecular weight excluding hydrogens is 392 g/mol. The van der Waals surface area contributed by atoms with E-state index in [1.54, 1.807) is 4.90 Å². The molecule has 0 spiro atoms. The van der Waals surface area contributed by atoms with Crippen LogP contribution in [0.15, 0.2) is 34.8 Å². The standard InChI is InChI=1S/C17H21BrN4O.ClH/c18-14-15(13-6-7-13)20-21-16(14)17(23)22(11-9-19)10-8-12-4-2-1-3-5-12;/h1-5,13H,6-11,19H2,(H,20,21);1H. The van der Waals surface area contributed by atoms with Gasteiger partial charge >= 0.3 is 0 Å². The molecule has 1 aliphatic rings. The Bertz CT molecular complexity index is 672. The van der Waals surface area contributed by atoms with Crippen LogP contribution in [-0.2, 0) is 6.42 Å². The molecular formula is C17H22BrClN4O. The van der Waals surface area contributed by atoms with E-state index in [2.05, 4.69) is 38.3 Å². The van der Waals surface area contributed by atoms with Crippen LogP contribution in [0.5, 0.6) is 0 Å². The van der Waals surface area contributed by atoms with Gasteiger partial charge in [-0.05, 0) is 40.8 Å². The van der Waals surface area contributed by atoms with E-state index in [1.807, 2.05) is 18.2 Å². The van der Waals surface area contributed by atoms with Crippen LogP contribution in [-0.4, -0.2) is 40.6 Å². The zero-order valence-corrected chi connectivity index (χ0v) is 15.8. The van der Waals surface area contributed by atoms with Crippen LogP contribution >= 0.6 is 28.3 Å². The summed E-state index contributed by atoms with van der Waals surface area (Å²) in [7, 11) is 0. The number of carbonyl (C=O) groups is 1. The first kappa shape index (κ1) is 19.0. The Balaban J connectivity index is 0.00000208. The number of benzene rings is 1. The second kappa shape index (κ2) is 8.65. The molecule has 3 rings (SSSR count). The Kier molecular flexibility index (Phi) is 6.83. The Morgan fingerprint density at radius 2 is 2.00 bits per heavy atom. The summed E-state index contributed by atoms with van der Waals surface area (Å²) in [5.41, 5.74) is 8.40. The summed E-state index contributed by atoms with van der Waals surface area (Å²) in [5.74, 6) is 0.451. The lowest BCUT2D eigenvalue weighted by Crippen LogP contribution is -2.37. The Morgan fingerprint density at radius 1 is 1.29 bits per heavy atom. The van der Waals surface area contributed by atoms with E-state index in [1.165, 1.54) is 5.56 Å². The summed E-state index contributed by atoms with van der Waals surface area (Å²) in [6.07, 6.45) is 3.13. The van der Waals surface area contributed by atoms with Gasteiger partial charge in [-0.2, -0.15) is 5.10 Å². The van der Waals surface area contributed by atoms with E-state index in [0.29, 0.717) is 31.2 Å². The minimum atomic E-state index is -0.0681. The predicted molar refractivity (Wildman–Crippen MR) is 101 cm³/mol. The highest BCUT2D eigenvalue weighted by Crippen LogP contribution is 2.43. The number of aromatic nitrogens is 2. The summed E-state index contributed by atoms with van der Waals surface area (Å²) >= 11 is 3.54. The molecule has 5 nitrogen and oxygen atoms in total. The van der Waals surface area contributed by atoms with Crippen LogP contribution in [0.25, 0.3) is 0 Å². The maximum absolute atomic E-state index is 12.8. The van der Waals surface area contributed by atoms with E-state index >= 15 is 0 Å². The van der Waals surface area contributed by atoms with Crippen molar-refractivity contribution in [1.29, 1.82) is 0 Å². The highest BCUT2D eigenvalue weighted by atomic mass is 79.9. The van der Waals surface area contributed by atoms with Crippen molar-refractivity contribution in [2.45, 2.75) is 25.2 Å². The lowest BCUT2D eigenvalue weighted by molar-refractivity contribution is 0.0755. The number of carbonyl (C=O) groups excluding carboxylic acids is 1. The molecule has 0 bridgehead atoms. The molecule has 0 radical (unpaired) electrons. The van der Waals surface area contributed by atoms with Gasteiger partial charge in [0.15, 0.2) is 5.69 Å². The maximum atomic E-state index is 12.8. The van der Waals surface area contributed by atoms with Crippen molar-refractivity contribution >= 4 is 34.2 Å². The fourth-order valence-corrected chi connectivity index (χ4v) is 3.33. The molecule has 2 aromatic rings. The highest BCUT2D eigenvalue weighted by molar-refractivity contribution is 9.10. The zero-order valence-electron chi connectivity index (χ0n) is 13.4. The largest absolute Gasteiger partial charge is 0.336 e. The summed E-state index contributed by atoms with van der Waals surface area (Å²) < 4.78 is 0.812. The first-order chi connectivity index (χ1) is 11.2. The summed E-state index contributed by atoms with van der Waals surface area (Å²) in [6.45, 7) is 1.61. The van der Waals surface area contributed by atoms with Gasteiger partial charge in [0, 0.05) is 25.6 Å². The third-order valence-corrected chi connectivity index (χ3v) is 4.92. The average molecular weight is 414 g/mol. The summed E-state index contributed by atoms with van der Waals surface area (Å²) in [5, 5.41) is 7.24. The molecule has 1 fully saturated rings. The quantitative estimate of drug-likeness (QED) is 0.732. The number of hydrogen-bond acceptors (Lipinski definition) is 3. The molecule has 1 saturated carbocycles. The topological polar surface area (TPSA) is 75.0 Å². The number of aromatic amines is 1. The lowest BCUT2D eigenvalue weighted by atomic mass is 10.1. The normalized spacial score (nSPS) is 13.4. The number of amides is 1. The van der Waals surface area contributed by atoms with E-state index in [9.17, 15) is 4.79 Å². The van der Waals surface area contributed by atoms with Crippen LogP contribution in [0.1, 0.15) is 40.5 Å². The van der Waals surface area contributed by atoms with E-state index < -0.39 is 0 Å². The van der Waals surface area contributed by atoms with Crippen LogP contribution in [0.4, 0.5) is 0 Å². The van der Waals surface area contributed by atoms with Gasteiger partial charge in [-0.1, -0.05) is 30.3 Å². The summed E-state index contributed by atoms with van der Waals surface area (Å²) in [4.78, 5) is 14.6. The maximum Gasteiger partial charge on any atom is 0.275 e.